The lowest BCUT2D eigenvalue weighted by atomic mass is 10.4. The van der Waals surface area contributed by atoms with E-state index < -0.39 is 0 Å². The van der Waals surface area contributed by atoms with E-state index in [0.717, 1.165) is 21.2 Å². The standard InChI is InChI=1S/C7H6BrN3/c1-4-6(8)5-2-9-3-10-7(5)11-4/h2-3H,1H3,(H,9,10,11). The molecule has 0 aliphatic rings. The molecule has 0 fully saturated rings. The van der Waals surface area contributed by atoms with Gasteiger partial charge in [-0.2, -0.15) is 0 Å². The lowest BCUT2D eigenvalue weighted by molar-refractivity contribution is 1.18. The predicted octanol–water partition coefficient (Wildman–Crippen LogP) is 2.03. The first-order valence-corrected chi connectivity index (χ1v) is 4.02. The highest BCUT2D eigenvalue weighted by Gasteiger charge is 2.04. The highest BCUT2D eigenvalue weighted by molar-refractivity contribution is 9.10. The molecule has 3 nitrogen and oxygen atoms in total. The van der Waals surface area contributed by atoms with Gasteiger partial charge in [0, 0.05) is 16.4 Å². The summed E-state index contributed by atoms with van der Waals surface area (Å²) in [6, 6.07) is 0. The fraction of sp³-hybridized carbons (Fsp3) is 0.143. The van der Waals surface area contributed by atoms with E-state index in [4.69, 9.17) is 0 Å². The Kier molecular flexibility index (Phi) is 1.42. The molecule has 0 unspecified atom stereocenters. The molecule has 11 heavy (non-hydrogen) atoms. The van der Waals surface area contributed by atoms with Crippen molar-refractivity contribution in [2.24, 2.45) is 0 Å². The normalized spacial score (nSPS) is 10.7. The second-order valence-electron chi connectivity index (χ2n) is 2.35. The maximum atomic E-state index is 4.07. The third-order valence-corrected chi connectivity index (χ3v) is 2.61. The molecule has 1 N–H and O–H groups in total. The van der Waals surface area contributed by atoms with Crippen molar-refractivity contribution < 1.29 is 0 Å². The summed E-state index contributed by atoms with van der Waals surface area (Å²) in [5.41, 5.74) is 1.96. The molecular weight excluding hydrogens is 206 g/mol. The Morgan fingerprint density at radius 1 is 1.55 bits per heavy atom. The fourth-order valence-corrected chi connectivity index (χ4v) is 1.41. The summed E-state index contributed by atoms with van der Waals surface area (Å²) >= 11 is 3.44. The van der Waals surface area contributed by atoms with Gasteiger partial charge in [0.05, 0.1) is 5.39 Å². The SMILES string of the molecule is Cc1[nH]c2ncncc2c1Br. The Balaban J connectivity index is 2.92. The summed E-state index contributed by atoms with van der Waals surface area (Å²) in [5, 5.41) is 1.03. The molecule has 2 aromatic heterocycles. The monoisotopic (exact) mass is 211 g/mol. The highest BCUT2D eigenvalue weighted by Crippen LogP contribution is 2.24. The highest BCUT2D eigenvalue weighted by atomic mass is 79.9. The molecule has 4 heteroatoms. The molecule has 2 aromatic rings. The summed E-state index contributed by atoms with van der Waals surface area (Å²) in [4.78, 5) is 11.1. The van der Waals surface area contributed by atoms with Gasteiger partial charge in [-0.15, -0.1) is 0 Å². The number of aromatic nitrogens is 3. The lowest BCUT2D eigenvalue weighted by Crippen LogP contribution is -1.76. The van der Waals surface area contributed by atoms with Crippen molar-refractivity contribution in [3.63, 3.8) is 0 Å². The molecule has 0 aliphatic carbocycles. The van der Waals surface area contributed by atoms with Crippen LogP contribution in [-0.4, -0.2) is 15.0 Å². The zero-order valence-electron chi connectivity index (χ0n) is 5.93. The van der Waals surface area contributed by atoms with Crippen molar-refractivity contribution in [1.29, 1.82) is 0 Å². The topological polar surface area (TPSA) is 41.6 Å². The first-order chi connectivity index (χ1) is 5.29. The number of hydrogen-bond donors (Lipinski definition) is 1. The Labute approximate surface area is 72.0 Å². The van der Waals surface area contributed by atoms with Gasteiger partial charge in [0.2, 0.25) is 0 Å². The molecule has 2 rings (SSSR count). The second-order valence-corrected chi connectivity index (χ2v) is 3.14. The molecule has 0 atom stereocenters. The minimum atomic E-state index is 0.879. The number of nitrogens with one attached hydrogen (secondary N) is 1. The van der Waals surface area contributed by atoms with Gasteiger partial charge >= 0.3 is 0 Å². The van der Waals surface area contributed by atoms with Crippen LogP contribution in [0.2, 0.25) is 0 Å². The maximum Gasteiger partial charge on any atom is 0.142 e. The molecule has 0 amide bonds. The largest absolute Gasteiger partial charge is 0.342 e. The van der Waals surface area contributed by atoms with Crippen LogP contribution in [0.25, 0.3) is 11.0 Å². The van der Waals surface area contributed by atoms with E-state index in [9.17, 15) is 0 Å². The van der Waals surface area contributed by atoms with Crippen molar-refractivity contribution in [3.8, 4) is 0 Å². The van der Waals surface area contributed by atoms with Gasteiger partial charge in [0.25, 0.3) is 0 Å². The molecule has 0 aromatic carbocycles. The van der Waals surface area contributed by atoms with Gasteiger partial charge in [-0.05, 0) is 22.9 Å². The number of halogens is 1. The van der Waals surface area contributed by atoms with Crippen LogP contribution in [0.1, 0.15) is 5.69 Å². The molecule has 0 radical (unpaired) electrons. The zero-order valence-corrected chi connectivity index (χ0v) is 7.51. The Hall–Kier alpha value is -0.900. The zero-order chi connectivity index (χ0) is 7.84. The van der Waals surface area contributed by atoms with Crippen molar-refractivity contribution in [2.45, 2.75) is 6.92 Å². The first-order valence-electron chi connectivity index (χ1n) is 3.23. The van der Waals surface area contributed by atoms with E-state index in [1.807, 2.05) is 6.92 Å². The Morgan fingerprint density at radius 2 is 2.36 bits per heavy atom. The number of rotatable bonds is 0. The average Bonchev–Trinajstić information content (AvgIpc) is 2.30. The molecular formula is C7H6BrN3. The van der Waals surface area contributed by atoms with E-state index in [-0.39, 0.29) is 0 Å². The van der Waals surface area contributed by atoms with Crippen LogP contribution in [0.15, 0.2) is 17.0 Å². The minimum Gasteiger partial charge on any atom is -0.342 e. The van der Waals surface area contributed by atoms with E-state index >= 15 is 0 Å². The fourth-order valence-electron chi connectivity index (χ4n) is 1.02. The van der Waals surface area contributed by atoms with Gasteiger partial charge in [-0.25, -0.2) is 9.97 Å². The maximum absolute atomic E-state index is 4.07. The van der Waals surface area contributed by atoms with Crippen LogP contribution in [-0.2, 0) is 0 Å². The predicted molar refractivity (Wildman–Crippen MR) is 46.3 cm³/mol. The van der Waals surface area contributed by atoms with Gasteiger partial charge in [0.15, 0.2) is 0 Å². The van der Waals surface area contributed by atoms with Gasteiger partial charge < -0.3 is 4.98 Å². The molecule has 0 bridgehead atoms. The van der Waals surface area contributed by atoms with Gasteiger partial charge in [-0.1, -0.05) is 0 Å². The van der Waals surface area contributed by atoms with Crippen molar-refractivity contribution in [2.75, 3.05) is 0 Å². The van der Waals surface area contributed by atoms with Crippen LogP contribution >= 0.6 is 15.9 Å². The van der Waals surface area contributed by atoms with E-state index in [1.165, 1.54) is 6.33 Å². The van der Waals surface area contributed by atoms with Crippen LogP contribution in [0.4, 0.5) is 0 Å². The molecule has 0 aliphatic heterocycles. The molecule has 0 saturated carbocycles. The Morgan fingerprint density at radius 3 is 3.09 bits per heavy atom. The van der Waals surface area contributed by atoms with E-state index in [0.29, 0.717) is 0 Å². The molecule has 0 spiro atoms. The van der Waals surface area contributed by atoms with Crippen LogP contribution in [0.3, 0.4) is 0 Å². The summed E-state index contributed by atoms with van der Waals surface area (Å²) in [5.74, 6) is 0. The van der Waals surface area contributed by atoms with Crippen LogP contribution in [0, 0.1) is 6.92 Å². The lowest BCUT2D eigenvalue weighted by Gasteiger charge is -1.84. The van der Waals surface area contributed by atoms with E-state index in [2.05, 4.69) is 30.9 Å². The summed E-state index contributed by atoms with van der Waals surface area (Å²) < 4.78 is 1.05. The van der Waals surface area contributed by atoms with Crippen molar-refractivity contribution in [1.82, 2.24) is 15.0 Å². The summed E-state index contributed by atoms with van der Waals surface area (Å²) in [6.45, 7) is 1.99. The van der Waals surface area contributed by atoms with E-state index in [1.54, 1.807) is 6.20 Å². The average molecular weight is 212 g/mol. The molecule has 2 heterocycles. The molecule has 56 valence electrons. The van der Waals surface area contributed by atoms with Crippen LogP contribution in [0.5, 0.6) is 0 Å². The third kappa shape index (κ3) is 0.939. The van der Waals surface area contributed by atoms with Crippen molar-refractivity contribution >= 4 is 27.0 Å². The summed E-state index contributed by atoms with van der Waals surface area (Å²) in [6.07, 6.45) is 3.32. The van der Waals surface area contributed by atoms with Crippen molar-refractivity contribution in [3.05, 3.63) is 22.7 Å². The quantitative estimate of drug-likeness (QED) is 0.725. The van der Waals surface area contributed by atoms with Crippen LogP contribution < -0.4 is 0 Å². The van der Waals surface area contributed by atoms with Gasteiger partial charge in [-0.3, -0.25) is 0 Å². The first kappa shape index (κ1) is 6.79. The number of aromatic amines is 1. The number of aryl methyl sites for hydroxylation is 1. The van der Waals surface area contributed by atoms with Gasteiger partial charge in [0.1, 0.15) is 12.0 Å². The Bertz CT molecular complexity index is 393. The number of nitrogens with zero attached hydrogens (tertiary/aromatic N) is 2. The number of hydrogen-bond acceptors (Lipinski definition) is 2. The number of fused-ring (bicyclic) bond motifs is 1. The second kappa shape index (κ2) is 2.30. The minimum absolute atomic E-state index is 0.879. The third-order valence-electron chi connectivity index (χ3n) is 1.58. The molecule has 0 saturated heterocycles. The smallest absolute Gasteiger partial charge is 0.142 e. The number of H-pyrrole nitrogens is 1. The summed E-state index contributed by atoms with van der Waals surface area (Å²) in [7, 11) is 0.